The molecule has 1 aliphatic rings. The molecule has 136 valence electrons. The van der Waals surface area contributed by atoms with Crippen LogP contribution in [0, 0.1) is 11.3 Å². The van der Waals surface area contributed by atoms with Crippen molar-refractivity contribution >= 4 is 17.6 Å². The van der Waals surface area contributed by atoms with Gasteiger partial charge < -0.3 is 10.1 Å². The lowest BCUT2D eigenvalue weighted by molar-refractivity contribution is -0.111. The quantitative estimate of drug-likeness (QED) is 0.673. The van der Waals surface area contributed by atoms with Gasteiger partial charge in [0.15, 0.2) is 18.2 Å². The molecule has 1 N–H and O–H groups in total. The van der Waals surface area contributed by atoms with Gasteiger partial charge in [0, 0.05) is 31.2 Å². The molecule has 0 amide bonds. The first-order valence-electron chi connectivity index (χ1n) is 8.75. The third-order valence-electron chi connectivity index (χ3n) is 4.68. The van der Waals surface area contributed by atoms with Crippen molar-refractivity contribution in [3.63, 3.8) is 0 Å². The van der Waals surface area contributed by atoms with Gasteiger partial charge in [-0.25, -0.2) is 14.5 Å². The Bertz CT molecular complexity index is 994. The van der Waals surface area contributed by atoms with E-state index >= 15 is 0 Å². The highest BCUT2D eigenvalue weighted by Gasteiger charge is 2.25. The number of rotatable bonds is 5. The van der Waals surface area contributed by atoms with Crippen molar-refractivity contribution in [2.75, 3.05) is 18.4 Å². The van der Waals surface area contributed by atoms with Gasteiger partial charge in [0.1, 0.15) is 5.82 Å². The molecule has 1 unspecified atom stereocenters. The maximum absolute atomic E-state index is 11.1. The first-order valence-corrected chi connectivity index (χ1v) is 8.75. The summed E-state index contributed by atoms with van der Waals surface area (Å²) in [6, 6.07) is 3.27. The first kappa shape index (κ1) is 17.1. The smallest absolute Gasteiger partial charge is 0.165 e. The molecule has 0 saturated carbocycles. The Morgan fingerprint density at radius 2 is 2.30 bits per heavy atom. The van der Waals surface area contributed by atoms with Gasteiger partial charge in [0.05, 0.1) is 29.5 Å². The number of likely N-dealkylation sites (tertiary alicyclic amines) is 1. The third kappa shape index (κ3) is 3.47. The lowest BCUT2D eigenvalue weighted by atomic mass is 10.0. The van der Waals surface area contributed by atoms with Gasteiger partial charge in [-0.05, 0) is 25.5 Å². The molecule has 2 atom stereocenters. The molecular formula is C18H18N8O. The number of anilines is 1. The molecule has 0 bridgehead atoms. The summed E-state index contributed by atoms with van der Waals surface area (Å²) in [6.45, 7) is 1.37. The zero-order chi connectivity index (χ0) is 18.6. The highest BCUT2D eigenvalue weighted by molar-refractivity contribution is 5.75. The van der Waals surface area contributed by atoms with E-state index in [9.17, 15) is 4.79 Å². The number of hydrogen-bond donors (Lipinski definition) is 1. The van der Waals surface area contributed by atoms with Gasteiger partial charge in [0.2, 0.25) is 0 Å². The molecule has 4 heterocycles. The minimum Gasteiger partial charge on any atom is -0.366 e. The molecule has 3 aromatic rings. The van der Waals surface area contributed by atoms with Crippen LogP contribution in [0.5, 0.6) is 0 Å². The maximum Gasteiger partial charge on any atom is 0.165 e. The van der Waals surface area contributed by atoms with E-state index in [-0.39, 0.29) is 6.04 Å². The van der Waals surface area contributed by atoms with E-state index < -0.39 is 6.04 Å². The number of fused-ring (bicyclic) bond motifs is 1. The lowest BCUT2D eigenvalue weighted by Gasteiger charge is -2.34. The Balaban J connectivity index is 1.53. The van der Waals surface area contributed by atoms with Gasteiger partial charge in [0.25, 0.3) is 0 Å². The fourth-order valence-electron chi connectivity index (χ4n) is 3.36. The molecule has 4 rings (SSSR count). The predicted molar refractivity (Wildman–Crippen MR) is 97.7 cm³/mol. The van der Waals surface area contributed by atoms with Crippen LogP contribution in [0.4, 0.5) is 5.82 Å². The zero-order valence-corrected chi connectivity index (χ0v) is 14.6. The molecule has 0 radical (unpaired) electrons. The van der Waals surface area contributed by atoms with Crippen molar-refractivity contribution in [3.05, 3.63) is 37.1 Å². The van der Waals surface area contributed by atoms with Gasteiger partial charge >= 0.3 is 0 Å². The van der Waals surface area contributed by atoms with Crippen LogP contribution in [0.1, 0.15) is 12.8 Å². The molecule has 0 spiro atoms. The molecule has 1 aliphatic heterocycles. The number of nitrogens with one attached hydrogen (secondary N) is 1. The zero-order valence-electron chi connectivity index (χ0n) is 14.6. The summed E-state index contributed by atoms with van der Waals surface area (Å²) in [4.78, 5) is 26.1. The normalized spacial score (nSPS) is 18.7. The fourth-order valence-corrected chi connectivity index (χ4v) is 3.36. The van der Waals surface area contributed by atoms with Crippen molar-refractivity contribution < 1.29 is 4.79 Å². The largest absolute Gasteiger partial charge is 0.366 e. The second-order valence-corrected chi connectivity index (χ2v) is 6.42. The first-order chi connectivity index (χ1) is 13.3. The summed E-state index contributed by atoms with van der Waals surface area (Å²) in [7, 11) is 0. The molecule has 1 saturated heterocycles. The molecule has 9 heteroatoms. The number of nitrogens with zero attached hydrogens (tertiary/aromatic N) is 7. The summed E-state index contributed by atoms with van der Waals surface area (Å²) in [5, 5.41) is 16.8. The fraction of sp³-hybridized carbons (Fsp3) is 0.333. The van der Waals surface area contributed by atoms with E-state index in [4.69, 9.17) is 5.26 Å². The van der Waals surface area contributed by atoms with Crippen LogP contribution in [0.15, 0.2) is 37.1 Å². The summed E-state index contributed by atoms with van der Waals surface area (Å²) in [6.07, 6.45) is 11.2. The number of hydrogen-bond acceptors (Lipinski definition) is 8. The van der Waals surface area contributed by atoms with E-state index in [1.54, 1.807) is 35.5 Å². The molecule has 0 aliphatic carbocycles. The Morgan fingerprint density at radius 1 is 1.37 bits per heavy atom. The van der Waals surface area contributed by atoms with Gasteiger partial charge in [-0.2, -0.15) is 10.4 Å². The monoisotopic (exact) mass is 362 g/mol. The van der Waals surface area contributed by atoms with E-state index in [0.717, 1.165) is 30.5 Å². The molecule has 3 aromatic heterocycles. The summed E-state index contributed by atoms with van der Waals surface area (Å²) in [5.41, 5.74) is 1.64. The number of carbonyl (C=O) groups is 1. The predicted octanol–water partition coefficient (Wildman–Crippen LogP) is 1.15. The molecule has 9 nitrogen and oxygen atoms in total. The van der Waals surface area contributed by atoms with Crippen LogP contribution < -0.4 is 5.32 Å². The minimum absolute atomic E-state index is 0.114. The molecule has 0 aromatic carbocycles. The van der Waals surface area contributed by atoms with E-state index in [1.165, 1.54) is 0 Å². The maximum atomic E-state index is 11.1. The highest BCUT2D eigenvalue weighted by Crippen LogP contribution is 2.22. The number of carbonyl (C=O) groups excluding carboxylic acids is 1. The van der Waals surface area contributed by atoms with Crippen LogP contribution in [0.3, 0.4) is 0 Å². The average molecular weight is 362 g/mol. The highest BCUT2D eigenvalue weighted by atomic mass is 16.1. The third-order valence-corrected chi connectivity index (χ3v) is 4.68. The van der Waals surface area contributed by atoms with Crippen molar-refractivity contribution in [1.29, 1.82) is 5.26 Å². The van der Waals surface area contributed by atoms with Crippen LogP contribution in [-0.4, -0.2) is 60.9 Å². The summed E-state index contributed by atoms with van der Waals surface area (Å²) < 4.78 is 1.73. The van der Waals surface area contributed by atoms with E-state index in [2.05, 4.69) is 25.4 Å². The van der Waals surface area contributed by atoms with Crippen molar-refractivity contribution in [3.8, 4) is 17.5 Å². The van der Waals surface area contributed by atoms with Crippen LogP contribution in [0.25, 0.3) is 16.9 Å². The van der Waals surface area contributed by atoms with Crippen molar-refractivity contribution in [2.45, 2.75) is 24.9 Å². The van der Waals surface area contributed by atoms with Gasteiger partial charge in [-0.1, -0.05) is 0 Å². The van der Waals surface area contributed by atoms with Crippen LogP contribution in [-0.2, 0) is 4.79 Å². The minimum atomic E-state index is -0.693. The van der Waals surface area contributed by atoms with E-state index in [1.807, 2.05) is 17.0 Å². The standard InChI is InChI=1S/C18H18N8O/c19-8-14(12-27)25-6-1-2-13(11-25)23-17-3-4-21-18(24-17)15-9-22-26-7-5-20-10-16(15)26/h3-5,7,9-10,12-14H,1-2,6,11H2,(H,21,23,24)/t13-,14?/m1/s1. The van der Waals surface area contributed by atoms with Crippen molar-refractivity contribution in [1.82, 2.24) is 29.5 Å². The van der Waals surface area contributed by atoms with Crippen molar-refractivity contribution in [2.24, 2.45) is 0 Å². The Hall–Kier alpha value is -3.38. The Kier molecular flexibility index (Phi) is 4.72. The lowest BCUT2D eigenvalue weighted by Crippen LogP contribution is -2.47. The average Bonchev–Trinajstić information content (AvgIpc) is 3.14. The molecule has 27 heavy (non-hydrogen) atoms. The van der Waals surface area contributed by atoms with Gasteiger partial charge in [-0.15, -0.1) is 0 Å². The summed E-state index contributed by atoms with van der Waals surface area (Å²) in [5.74, 6) is 1.27. The summed E-state index contributed by atoms with van der Waals surface area (Å²) >= 11 is 0. The molecular weight excluding hydrogens is 344 g/mol. The topological polar surface area (TPSA) is 112 Å². The number of piperidine rings is 1. The van der Waals surface area contributed by atoms with Gasteiger partial charge in [-0.3, -0.25) is 9.88 Å². The van der Waals surface area contributed by atoms with E-state index in [0.29, 0.717) is 24.5 Å². The number of aldehydes is 1. The van der Waals surface area contributed by atoms with Crippen LogP contribution >= 0.6 is 0 Å². The SMILES string of the molecule is N#CC(C=O)N1CCC[C@@H](Nc2ccnc(-c3cnn4ccncc34)n2)C1. The van der Waals surface area contributed by atoms with Crippen LogP contribution in [0.2, 0.25) is 0 Å². The number of aromatic nitrogens is 5. The Morgan fingerprint density at radius 3 is 3.15 bits per heavy atom. The number of nitriles is 1. The second-order valence-electron chi connectivity index (χ2n) is 6.42. The second kappa shape index (κ2) is 7.47. The Labute approximate surface area is 155 Å². The molecule has 1 fully saturated rings.